The smallest absolute Gasteiger partial charge is 0.0450 e. The summed E-state index contributed by atoms with van der Waals surface area (Å²) in [7, 11) is 0. The normalized spacial score (nSPS) is 28.5. The summed E-state index contributed by atoms with van der Waals surface area (Å²) < 4.78 is 0. The zero-order chi connectivity index (χ0) is 13.0. The SMILES string of the molecule is C=Cc1c(N2CCC3CC32C)ccc2ccccc12. The van der Waals surface area contributed by atoms with Crippen LogP contribution in [0.2, 0.25) is 0 Å². The van der Waals surface area contributed by atoms with Gasteiger partial charge in [-0.3, -0.25) is 0 Å². The highest BCUT2D eigenvalue weighted by molar-refractivity contribution is 5.96. The maximum Gasteiger partial charge on any atom is 0.0450 e. The van der Waals surface area contributed by atoms with Crippen molar-refractivity contribution in [3.05, 3.63) is 48.5 Å². The molecule has 1 aliphatic carbocycles. The molecule has 0 radical (unpaired) electrons. The molecule has 0 spiro atoms. The maximum atomic E-state index is 4.05. The van der Waals surface area contributed by atoms with Gasteiger partial charge in [-0.2, -0.15) is 0 Å². The maximum absolute atomic E-state index is 4.05. The lowest BCUT2D eigenvalue weighted by atomic mass is 10.0. The quantitative estimate of drug-likeness (QED) is 0.759. The summed E-state index contributed by atoms with van der Waals surface area (Å²) in [6.07, 6.45) is 4.73. The minimum absolute atomic E-state index is 0.417. The summed E-state index contributed by atoms with van der Waals surface area (Å²) in [5.74, 6) is 0.914. The van der Waals surface area contributed by atoms with E-state index < -0.39 is 0 Å². The number of hydrogen-bond donors (Lipinski definition) is 0. The second kappa shape index (κ2) is 3.63. The van der Waals surface area contributed by atoms with Crippen LogP contribution in [0.5, 0.6) is 0 Å². The Morgan fingerprint density at radius 3 is 2.79 bits per heavy atom. The lowest BCUT2D eigenvalue weighted by Crippen LogP contribution is -2.32. The standard InChI is InChI=1S/C18H19N/c1-3-15-16-7-5-4-6-13(16)8-9-17(15)19-11-10-14-12-18(14,19)2/h3-9,14H,1,10-12H2,2H3. The van der Waals surface area contributed by atoms with Crippen molar-refractivity contribution >= 4 is 22.5 Å². The summed E-state index contributed by atoms with van der Waals surface area (Å²) in [5.41, 5.74) is 3.09. The summed E-state index contributed by atoms with van der Waals surface area (Å²) in [6, 6.07) is 13.1. The number of piperidine rings is 1. The molecule has 2 aromatic rings. The van der Waals surface area contributed by atoms with Gasteiger partial charge in [-0.15, -0.1) is 0 Å². The minimum atomic E-state index is 0.417. The van der Waals surface area contributed by atoms with Gasteiger partial charge >= 0.3 is 0 Å². The zero-order valence-corrected chi connectivity index (χ0v) is 11.4. The molecule has 19 heavy (non-hydrogen) atoms. The Morgan fingerprint density at radius 1 is 1.26 bits per heavy atom. The fourth-order valence-corrected chi connectivity index (χ4v) is 3.85. The van der Waals surface area contributed by atoms with Gasteiger partial charge in [-0.1, -0.05) is 43.0 Å². The van der Waals surface area contributed by atoms with Gasteiger partial charge in [0, 0.05) is 23.3 Å². The summed E-state index contributed by atoms with van der Waals surface area (Å²) >= 11 is 0. The molecule has 0 bridgehead atoms. The van der Waals surface area contributed by atoms with E-state index in [4.69, 9.17) is 0 Å². The molecule has 96 valence electrons. The molecule has 2 aliphatic rings. The van der Waals surface area contributed by atoms with E-state index >= 15 is 0 Å². The molecular formula is C18H19N. The van der Waals surface area contributed by atoms with E-state index in [1.165, 1.54) is 41.4 Å². The van der Waals surface area contributed by atoms with Gasteiger partial charge in [0.15, 0.2) is 0 Å². The lowest BCUT2D eigenvalue weighted by Gasteiger charge is -2.29. The number of fused-ring (bicyclic) bond motifs is 2. The van der Waals surface area contributed by atoms with E-state index in [1.807, 2.05) is 6.08 Å². The second-order valence-electron chi connectivity index (χ2n) is 6.12. The van der Waals surface area contributed by atoms with Crippen LogP contribution in [0.1, 0.15) is 25.3 Å². The molecular weight excluding hydrogens is 230 g/mol. The molecule has 1 saturated carbocycles. The largest absolute Gasteiger partial charge is 0.365 e. The molecule has 2 unspecified atom stereocenters. The lowest BCUT2D eigenvalue weighted by molar-refractivity contribution is 0.688. The highest BCUT2D eigenvalue weighted by Gasteiger charge is 2.58. The third-order valence-corrected chi connectivity index (χ3v) is 5.14. The predicted octanol–water partition coefficient (Wildman–Crippen LogP) is 4.47. The van der Waals surface area contributed by atoms with Gasteiger partial charge in [0.2, 0.25) is 0 Å². The van der Waals surface area contributed by atoms with Crippen LogP contribution in [0.3, 0.4) is 0 Å². The van der Waals surface area contributed by atoms with Crippen molar-refractivity contribution in [3.63, 3.8) is 0 Å². The van der Waals surface area contributed by atoms with Gasteiger partial charge < -0.3 is 4.90 Å². The highest BCUT2D eigenvalue weighted by Crippen LogP contribution is 2.57. The third kappa shape index (κ3) is 1.42. The Kier molecular flexibility index (Phi) is 2.12. The third-order valence-electron chi connectivity index (χ3n) is 5.14. The Balaban J connectivity index is 1.93. The molecule has 2 aromatic carbocycles. The average molecular weight is 249 g/mol. The first-order chi connectivity index (χ1) is 9.24. The summed E-state index contributed by atoms with van der Waals surface area (Å²) in [6.45, 7) is 7.65. The van der Waals surface area contributed by atoms with E-state index in [1.54, 1.807) is 0 Å². The van der Waals surface area contributed by atoms with E-state index in [-0.39, 0.29) is 0 Å². The molecule has 1 saturated heterocycles. The number of hydrogen-bond acceptors (Lipinski definition) is 1. The first-order valence-corrected chi connectivity index (χ1v) is 7.16. The number of benzene rings is 2. The fraction of sp³-hybridized carbons (Fsp3) is 0.333. The molecule has 2 fully saturated rings. The van der Waals surface area contributed by atoms with E-state index in [0.717, 1.165) is 5.92 Å². The van der Waals surface area contributed by atoms with Crippen molar-refractivity contribution in [2.45, 2.75) is 25.3 Å². The Morgan fingerprint density at radius 2 is 2.11 bits per heavy atom. The second-order valence-corrected chi connectivity index (χ2v) is 6.12. The van der Waals surface area contributed by atoms with Crippen LogP contribution in [0, 0.1) is 5.92 Å². The first kappa shape index (κ1) is 11.1. The molecule has 1 nitrogen and oxygen atoms in total. The minimum Gasteiger partial charge on any atom is -0.365 e. The van der Waals surface area contributed by atoms with Crippen molar-refractivity contribution in [3.8, 4) is 0 Å². The van der Waals surface area contributed by atoms with Crippen molar-refractivity contribution in [2.75, 3.05) is 11.4 Å². The average Bonchev–Trinajstić information content (AvgIpc) is 3.00. The molecule has 0 N–H and O–H groups in total. The van der Waals surface area contributed by atoms with Crippen LogP contribution in [0.15, 0.2) is 43.0 Å². The van der Waals surface area contributed by atoms with E-state index in [0.29, 0.717) is 5.54 Å². The Bertz CT molecular complexity index is 670. The van der Waals surface area contributed by atoms with Gasteiger partial charge in [0.05, 0.1) is 0 Å². The summed E-state index contributed by atoms with van der Waals surface area (Å²) in [5, 5.41) is 2.63. The van der Waals surface area contributed by atoms with E-state index in [2.05, 4.69) is 54.8 Å². The van der Waals surface area contributed by atoms with Crippen LogP contribution < -0.4 is 4.90 Å². The monoisotopic (exact) mass is 249 g/mol. The van der Waals surface area contributed by atoms with Gasteiger partial charge in [0.1, 0.15) is 0 Å². The molecule has 0 amide bonds. The summed E-state index contributed by atoms with van der Waals surface area (Å²) in [4.78, 5) is 2.61. The fourth-order valence-electron chi connectivity index (χ4n) is 3.85. The van der Waals surface area contributed by atoms with Gasteiger partial charge in [0.25, 0.3) is 0 Å². The van der Waals surface area contributed by atoms with Crippen LogP contribution in [0.4, 0.5) is 5.69 Å². The molecule has 1 heterocycles. The molecule has 1 heteroatoms. The molecule has 1 aliphatic heterocycles. The first-order valence-electron chi connectivity index (χ1n) is 7.16. The van der Waals surface area contributed by atoms with E-state index in [9.17, 15) is 0 Å². The molecule has 4 rings (SSSR count). The highest BCUT2D eigenvalue weighted by atomic mass is 15.3. The van der Waals surface area contributed by atoms with Crippen molar-refractivity contribution in [1.82, 2.24) is 0 Å². The number of anilines is 1. The van der Waals surface area contributed by atoms with Crippen LogP contribution in [-0.4, -0.2) is 12.1 Å². The topological polar surface area (TPSA) is 3.24 Å². The van der Waals surface area contributed by atoms with Crippen LogP contribution >= 0.6 is 0 Å². The van der Waals surface area contributed by atoms with Gasteiger partial charge in [-0.05, 0) is 42.5 Å². The van der Waals surface area contributed by atoms with Crippen molar-refractivity contribution < 1.29 is 0 Å². The Hall–Kier alpha value is -1.76. The predicted molar refractivity (Wildman–Crippen MR) is 82.5 cm³/mol. The zero-order valence-electron chi connectivity index (χ0n) is 11.4. The number of nitrogens with zero attached hydrogens (tertiary/aromatic N) is 1. The van der Waals surface area contributed by atoms with Crippen LogP contribution in [-0.2, 0) is 0 Å². The van der Waals surface area contributed by atoms with Gasteiger partial charge in [-0.25, -0.2) is 0 Å². The van der Waals surface area contributed by atoms with Crippen molar-refractivity contribution in [1.29, 1.82) is 0 Å². The number of rotatable bonds is 2. The van der Waals surface area contributed by atoms with Crippen LogP contribution in [0.25, 0.3) is 16.8 Å². The van der Waals surface area contributed by atoms with Crippen molar-refractivity contribution in [2.24, 2.45) is 5.92 Å². The Labute approximate surface area is 114 Å². The molecule has 0 aromatic heterocycles. The molecule has 2 atom stereocenters.